The number of hydrogen-bond acceptors (Lipinski definition) is 4. The van der Waals surface area contributed by atoms with Crippen LogP contribution in [0.4, 0.5) is 0 Å². The van der Waals surface area contributed by atoms with Gasteiger partial charge in [-0.3, -0.25) is 9.59 Å². The molecule has 2 heterocycles. The SMILES string of the molecule is CCCCCOc1cccc(-c2cc(C(=O)N3CNC(=O)C3)nn2-c2cccc(Cl)c2)c1. The van der Waals surface area contributed by atoms with Gasteiger partial charge in [0.15, 0.2) is 5.69 Å². The number of carbonyl (C=O) groups excluding carboxylic acids is 2. The van der Waals surface area contributed by atoms with Crippen LogP contribution in [0.25, 0.3) is 16.9 Å². The Morgan fingerprint density at radius 1 is 1.16 bits per heavy atom. The summed E-state index contributed by atoms with van der Waals surface area (Å²) >= 11 is 6.21. The largest absolute Gasteiger partial charge is 0.494 e. The van der Waals surface area contributed by atoms with Gasteiger partial charge in [0, 0.05) is 10.6 Å². The van der Waals surface area contributed by atoms with Crippen LogP contribution in [-0.4, -0.2) is 46.3 Å². The molecule has 1 N–H and O–H groups in total. The molecule has 0 bridgehead atoms. The number of amides is 2. The van der Waals surface area contributed by atoms with Crippen molar-refractivity contribution in [2.45, 2.75) is 26.2 Å². The maximum atomic E-state index is 13.0. The maximum Gasteiger partial charge on any atom is 0.276 e. The second-order valence-corrected chi connectivity index (χ2v) is 8.09. The molecule has 0 spiro atoms. The minimum Gasteiger partial charge on any atom is -0.494 e. The normalized spacial score (nSPS) is 13.3. The van der Waals surface area contributed by atoms with E-state index >= 15 is 0 Å². The lowest BCUT2D eigenvalue weighted by Gasteiger charge is -2.11. The van der Waals surface area contributed by atoms with Gasteiger partial charge in [-0.05, 0) is 42.8 Å². The fourth-order valence-electron chi connectivity index (χ4n) is 3.56. The zero-order chi connectivity index (χ0) is 22.5. The molecule has 4 rings (SSSR count). The summed E-state index contributed by atoms with van der Waals surface area (Å²) in [6, 6.07) is 16.8. The lowest BCUT2D eigenvalue weighted by atomic mass is 10.1. The van der Waals surface area contributed by atoms with E-state index in [0.29, 0.717) is 11.6 Å². The van der Waals surface area contributed by atoms with Crippen LogP contribution in [0.3, 0.4) is 0 Å². The first kappa shape index (κ1) is 21.9. The molecule has 32 heavy (non-hydrogen) atoms. The van der Waals surface area contributed by atoms with Crippen molar-refractivity contribution in [3.8, 4) is 22.7 Å². The number of ether oxygens (including phenoxy) is 1. The highest BCUT2D eigenvalue weighted by Crippen LogP contribution is 2.28. The van der Waals surface area contributed by atoms with Gasteiger partial charge in [0.05, 0.1) is 24.7 Å². The van der Waals surface area contributed by atoms with Crippen LogP contribution < -0.4 is 10.1 Å². The molecule has 0 saturated carbocycles. The van der Waals surface area contributed by atoms with Crippen molar-refractivity contribution in [3.05, 3.63) is 65.3 Å². The third-order valence-corrected chi connectivity index (χ3v) is 5.45. The minimum atomic E-state index is -0.308. The van der Waals surface area contributed by atoms with Crippen LogP contribution >= 0.6 is 11.6 Å². The van der Waals surface area contributed by atoms with Crippen LogP contribution in [0, 0.1) is 0 Å². The summed E-state index contributed by atoms with van der Waals surface area (Å²) in [5.74, 6) is 0.276. The Morgan fingerprint density at radius 2 is 2.00 bits per heavy atom. The first-order chi connectivity index (χ1) is 15.5. The van der Waals surface area contributed by atoms with Gasteiger partial charge >= 0.3 is 0 Å². The highest BCUT2D eigenvalue weighted by Gasteiger charge is 2.27. The number of benzene rings is 2. The molecule has 0 atom stereocenters. The summed E-state index contributed by atoms with van der Waals surface area (Å²) in [7, 11) is 0. The van der Waals surface area contributed by atoms with E-state index in [9.17, 15) is 9.59 Å². The van der Waals surface area contributed by atoms with Crippen LogP contribution in [0.5, 0.6) is 5.75 Å². The summed E-state index contributed by atoms with van der Waals surface area (Å²) in [5, 5.41) is 7.79. The number of rotatable bonds is 8. The standard InChI is InChI=1S/C24H25ClN4O3/c1-2-3-4-11-32-20-10-5-7-17(12-20)22-14-21(24(31)28-15-23(30)26-16-28)27-29(22)19-9-6-8-18(25)13-19/h5-10,12-14H,2-4,11,15-16H2,1H3,(H,26,30). The van der Waals surface area contributed by atoms with Gasteiger partial charge in [-0.15, -0.1) is 0 Å². The summed E-state index contributed by atoms with van der Waals surface area (Å²) in [6.07, 6.45) is 3.26. The lowest BCUT2D eigenvalue weighted by molar-refractivity contribution is -0.118. The lowest BCUT2D eigenvalue weighted by Crippen LogP contribution is -2.30. The first-order valence-electron chi connectivity index (χ1n) is 10.7. The Kier molecular flexibility index (Phi) is 6.75. The zero-order valence-electron chi connectivity index (χ0n) is 17.9. The van der Waals surface area contributed by atoms with Crippen molar-refractivity contribution in [3.63, 3.8) is 0 Å². The molecule has 1 saturated heterocycles. The summed E-state index contributed by atoms with van der Waals surface area (Å²) in [6.45, 7) is 3.02. The van der Waals surface area contributed by atoms with E-state index in [2.05, 4.69) is 17.3 Å². The van der Waals surface area contributed by atoms with Gasteiger partial charge in [0.2, 0.25) is 5.91 Å². The Hall–Kier alpha value is -3.32. The van der Waals surface area contributed by atoms with Gasteiger partial charge in [-0.2, -0.15) is 5.10 Å². The molecule has 7 nitrogen and oxygen atoms in total. The first-order valence-corrected chi connectivity index (χ1v) is 11.1. The van der Waals surface area contributed by atoms with E-state index in [1.807, 2.05) is 36.4 Å². The van der Waals surface area contributed by atoms with Crippen molar-refractivity contribution in [2.24, 2.45) is 0 Å². The molecular weight excluding hydrogens is 428 g/mol. The third-order valence-electron chi connectivity index (χ3n) is 5.22. The van der Waals surface area contributed by atoms with Gasteiger partial charge in [0.25, 0.3) is 5.91 Å². The molecule has 2 aromatic carbocycles. The molecule has 1 aromatic heterocycles. The van der Waals surface area contributed by atoms with Gasteiger partial charge in [-0.25, -0.2) is 4.68 Å². The van der Waals surface area contributed by atoms with Crippen molar-refractivity contribution >= 4 is 23.4 Å². The van der Waals surface area contributed by atoms with Gasteiger partial charge in [-0.1, -0.05) is 49.6 Å². The molecule has 0 aliphatic carbocycles. The molecule has 3 aromatic rings. The fourth-order valence-corrected chi connectivity index (χ4v) is 3.74. The van der Waals surface area contributed by atoms with Crippen molar-refractivity contribution in [1.82, 2.24) is 20.0 Å². The van der Waals surface area contributed by atoms with E-state index in [4.69, 9.17) is 16.3 Å². The third kappa shape index (κ3) is 4.94. The highest BCUT2D eigenvalue weighted by molar-refractivity contribution is 6.30. The van der Waals surface area contributed by atoms with E-state index < -0.39 is 0 Å². The number of hydrogen-bond donors (Lipinski definition) is 1. The minimum absolute atomic E-state index is 0.0271. The average Bonchev–Trinajstić information content (AvgIpc) is 3.43. The number of nitrogens with zero attached hydrogens (tertiary/aromatic N) is 3. The van der Waals surface area contributed by atoms with Crippen molar-refractivity contribution < 1.29 is 14.3 Å². The van der Waals surface area contributed by atoms with Crippen molar-refractivity contribution in [2.75, 3.05) is 19.8 Å². The molecular formula is C24H25ClN4O3. The second kappa shape index (κ2) is 9.87. The smallest absolute Gasteiger partial charge is 0.276 e. The van der Waals surface area contributed by atoms with Crippen LogP contribution in [0.2, 0.25) is 5.02 Å². The summed E-state index contributed by atoms with van der Waals surface area (Å²) in [4.78, 5) is 25.9. The molecule has 0 radical (unpaired) electrons. The second-order valence-electron chi connectivity index (χ2n) is 7.65. The van der Waals surface area contributed by atoms with Crippen LogP contribution in [-0.2, 0) is 4.79 Å². The summed E-state index contributed by atoms with van der Waals surface area (Å²) in [5.41, 5.74) is 2.58. The Morgan fingerprint density at radius 3 is 2.75 bits per heavy atom. The van der Waals surface area contributed by atoms with Crippen LogP contribution in [0.15, 0.2) is 54.6 Å². The summed E-state index contributed by atoms with van der Waals surface area (Å²) < 4.78 is 7.61. The highest BCUT2D eigenvalue weighted by atomic mass is 35.5. The number of nitrogens with one attached hydrogen (secondary N) is 1. The fraction of sp³-hybridized carbons (Fsp3) is 0.292. The van der Waals surface area contributed by atoms with Gasteiger partial charge in [0.1, 0.15) is 12.3 Å². The quantitative estimate of drug-likeness (QED) is 0.517. The number of unbranched alkanes of at least 4 members (excludes halogenated alkanes) is 2. The maximum absolute atomic E-state index is 13.0. The van der Waals surface area contributed by atoms with E-state index in [1.54, 1.807) is 22.9 Å². The average molecular weight is 453 g/mol. The Labute approximate surface area is 191 Å². The molecule has 1 aliphatic rings. The zero-order valence-corrected chi connectivity index (χ0v) is 18.6. The molecule has 166 valence electrons. The topological polar surface area (TPSA) is 76.5 Å². The number of halogens is 1. The van der Waals surface area contributed by atoms with Gasteiger partial charge < -0.3 is 15.0 Å². The van der Waals surface area contributed by atoms with Crippen molar-refractivity contribution in [1.29, 1.82) is 0 Å². The van der Waals surface area contributed by atoms with E-state index in [-0.39, 0.29) is 30.7 Å². The molecule has 8 heteroatoms. The molecule has 2 amide bonds. The Balaban J connectivity index is 1.69. The van der Waals surface area contributed by atoms with E-state index in [1.165, 1.54) is 4.90 Å². The Bertz CT molecular complexity index is 1130. The number of carbonyl (C=O) groups is 2. The molecule has 1 fully saturated rings. The number of aromatic nitrogens is 2. The molecule has 1 aliphatic heterocycles. The predicted molar refractivity (Wildman–Crippen MR) is 123 cm³/mol. The van der Waals surface area contributed by atoms with Crippen LogP contribution in [0.1, 0.15) is 36.7 Å². The molecule has 0 unspecified atom stereocenters. The van der Waals surface area contributed by atoms with E-state index in [0.717, 1.165) is 42.0 Å². The predicted octanol–water partition coefficient (Wildman–Crippen LogP) is 4.29. The monoisotopic (exact) mass is 452 g/mol.